The van der Waals surface area contributed by atoms with E-state index >= 15 is 0 Å². The SMILES string of the molecule is CCCCCCCCC1CSC(c2ccc(OC(=O)[C@H]3COC(C)(C)O3)cc2)SC1. The maximum Gasteiger partial charge on any atom is 0.343 e. The number of esters is 1. The van der Waals surface area contributed by atoms with Crippen molar-refractivity contribution in [2.75, 3.05) is 18.1 Å². The molecule has 3 rings (SSSR count). The number of ether oxygens (including phenoxy) is 3. The Balaban J connectivity index is 1.37. The van der Waals surface area contributed by atoms with Gasteiger partial charge in [-0.1, -0.05) is 57.6 Å². The number of rotatable bonds is 10. The zero-order valence-electron chi connectivity index (χ0n) is 18.6. The molecule has 2 aliphatic rings. The maximum absolute atomic E-state index is 12.2. The molecule has 2 aliphatic heterocycles. The molecule has 168 valence electrons. The Morgan fingerprint density at radius 2 is 1.73 bits per heavy atom. The van der Waals surface area contributed by atoms with Crippen LogP contribution in [0.5, 0.6) is 5.75 Å². The summed E-state index contributed by atoms with van der Waals surface area (Å²) in [7, 11) is 0. The van der Waals surface area contributed by atoms with Crippen LogP contribution >= 0.6 is 23.5 Å². The van der Waals surface area contributed by atoms with E-state index in [4.69, 9.17) is 14.2 Å². The summed E-state index contributed by atoms with van der Waals surface area (Å²) in [6, 6.07) is 7.93. The van der Waals surface area contributed by atoms with Crippen LogP contribution in [0.2, 0.25) is 0 Å². The minimum atomic E-state index is -0.726. The maximum atomic E-state index is 12.2. The van der Waals surface area contributed by atoms with Gasteiger partial charge in [0.1, 0.15) is 5.75 Å². The predicted octanol–water partition coefficient (Wildman–Crippen LogP) is 6.59. The van der Waals surface area contributed by atoms with E-state index in [9.17, 15) is 4.79 Å². The van der Waals surface area contributed by atoms with E-state index in [0.717, 1.165) is 5.92 Å². The number of thioether (sulfide) groups is 2. The van der Waals surface area contributed by atoms with Crippen molar-refractivity contribution in [3.63, 3.8) is 0 Å². The first kappa shape index (κ1) is 24.0. The first-order valence-corrected chi connectivity index (χ1v) is 13.4. The second-order valence-electron chi connectivity index (χ2n) is 8.73. The van der Waals surface area contributed by atoms with Gasteiger partial charge in [0.25, 0.3) is 0 Å². The molecule has 30 heavy (non-hydrogen) atoms. The van der Waals surface area contributed by atoms with Gasteiger partial charge in [-0.3, -0.25) is 0 Å². The van der Waals surface area contributed by atoms with Gasteiger partial charge in [-0.05, 0) is 55.4 Å². The predicted molar refractivity (Wildman–Crippen MR) is 126 cm³/mol. The number of hydrogen-bond donors (Lipinski definition) is 0. The summed E-state index contributed by atoms with van der Waals surface area (Å²) in [5, 5.41) is 0. The Morgan fingerprint density at radius 1 is 1.07 bits per heavy atom. The van der Waals surface area contributed by atoms with Gasteiger partial charge in [-0.2, -0.15) is 0 Å². The third-order valence-electron chi connectivity index (χ3n) is 5.57. The van der Waals surface area contributed by atoms with Crippen LogP contribution in [0.25, 0.3) is 0 Å². The van der Waals surface area contributed by atoms with E-state index < -0.39 is 17.9 Å². The molecule has 0 saturated carbocycles. The van der Waals surface area contributed by atoms with Crippen LogP contribution < -0.4 is 4.74 Å². The van der Waals surface area contributed by atoms with Gasteiger partial charge < -0.3 is 14.2 Å². The molecule has 0 radical (unpaired) electrons. The zero-order valence-corrected chi connectivity index (χ0v) is 20.2. The molecule has 0 bridgehead atoms. The molecule has 0 N–H and O–H groups in total. The van der Waals surface area contributed by atoms with Crippen LogP contribution in [0.15, 0.2) is 24.3 Å². The lowest BCUT2D eigenvalue weighted by Gasteiger charge is -2.28. The molecule has 0 unspecified atom stereocenters. The molecule has 2 saturated heterocycles. The number of carbonyl (C=O) groups is 1. The highest BCUT2D eigenvalue weighted by molar-refractivity contribution is 8.16. The number of unbranched alkanes of at least 4 members (excludes halogenated alkanes) is 5. The average Bonchev–Trinajstić information content (AvgIpc) is 3.11. The van der Waals surface area contributed by atoms with Gasteiger partial charge in [-0.15, -0.1) is 23.5 Å². The van der Waals surface area contributed by atoms with E-state index in [0.29, 0.717) is 10.3 Å². The van der Waals surface area contributed by atoms with Crippen molar-refractivity contribution in [1.29, 1.82) is 0 Å². The molecule has 0 aromatic heterocycles. The molecule has 1 aromatic carbocycles. The Morgan fingerprint density at radius 3 is 2.37 bits per heavy atom. The first-order chi connectivity index (χ1) is 14.5. The van der Waals surface area contributed by atoms with Crippen LogP contribution in [0, 0.1) is 5.92 Å². The van der Waals surface area contributed by atoms with Crippen LogP contribution in [0.1, 0.15) is 75.9 Å². The minimum absolute atomic E-state index is 0.235. The largest absolute Gasteiger partial charge is 0.425 e. The van der Waals surface area contributed by atoms with Gasteiger partial charge in [0, 0.05) is 0 Å². The van der Waals surface area contributed by atoms with Crippen LogP contribution in [-0.2, 0) is 14.3 Å². The lowest BCUT2D eigenvalue weighted by Crippen LogP contribution is -2.30. The van der Waals surface area contributed by atoms with Crippen LogP contribution in [0.3, 0.4) is 0 Å². The highest BCUT2D eigenvalue weighted by Gasteiger charge is 2.38. The fraction of sp³-hybridized carbons (Fsp3) is 0.708. The molecule has 0 spiro atoms. The third kappa shape index (κ3) is 7.47. The molecule has 0 aliphatic carbocycles. The first-order valence-electron chi connectivity index (χ1n) is 11.3. The molecule has 0 amide bonds. The van der Waals surface area contributed by atoms with Gasteiger partial charge in [0.15, 0.2) is 11.9 Å². The van der Waals surface area contributed by atoms with E-state index in [2.05, 4.69) is 42.6 Å². The lowest BCUT2D eigenvalue weighted by molar-refractivity contribution is -0.162. The zero-order chi connectivity index (χ0) is 21.4. The van der Waals surface area contributed by atoms with Crippen molar-refractivity contribution >= 4 is 29.5 Å². The Kier molecular flexibility index (Phi) is 9.42. The second kappa shape index (κ2) is 11.8. The summed E-state index contributed by atoms with van der Waals surface area (Å²) in [6.45, 7) is 6.10. The van der Waals surface area contributed by atoms with Crippen LogP contribution in [0.4, 0.5) is 0 Å². The lowest BCUT2D eigenvalue weighted by atomic mass is 10.0. The normalized spacial score (nSPS) is 25.9. The van der Waals surface area contributed by atoms with E-state index in [1.54, 1.807) is 13.8 Å². The smallest absolute Gasteiger partial charge is 0.343 e. The Hall–Kier alpha value is -0.690. The minimum Gasteiger partial charge on any atom is -0.425 e. The number of hydrogen-bond acceptors (Lipinski definition) is 6. The fourth-order valence-electron chi connectivity index (χ4n) is 3.79. The van der Waals surface area contributed by atoms with Crippen molar-refractivity contribution in [1.82, 2.24) is 0 Å². The monoisotopic (exact) mass is 452 g/mol. The Labute approximate surface area is 190 Å². The standard InChI is InChI=1S/C24H36O4S2/c1-4-5-6-7-8-9-10-18-16-29-23(30-17-18)19-11-13-20(14-12-19)27-22(25)21-15-26-24(2,3)28-21/h11-14,18,21,23H,4-10,15-17H2,1-3H3/t18?,21-,23?/m1/s1. The third-order valence-corrected chi connectivity index (χ3v) is 8.87. The molecule has 2 heterocycles. The molecule has 1 atom stereocenters. The van der Waals surface area contributed by atoms with Crippen molar-refractivity contribution in [3.05, 3.63) is 29.8 Å². The molecular weight excluding hydrogens is 416 g/mol. The van der Waals surface area contributed by atoms with Gasteiger partial charge in [-0.25, -0.2) is 4.79 Å². The van der Waals surface area contributed by atoms with E-state index in [-0.39, 0.29) is 6.61 Å². The van der Waals surface area contributed by atoms with E-state index in [1.165, 1.54) is 62.0 Å². The molecule has 6 heteroatoms. The van der Waals surface area contributed by atoms with Crippen molar-refractivity contribution in [2.24, 2.45) is 5.92 Å². The number of carbonyl (C=O) groups excluding carboxylic acids is 1. The van der Waals surface area contributed by atoms with Crippen LogP contribution in [-0.4, -0.2) is 36.0 Å². The fourth-order valence-corrected chi connectivity index (χ4v) is 6.96. The average molecular weight is 453 g/mol. The topological polar surface area (TPSA) is 44.8 Å². The van der Waals surface area contributed by atoms with Gasteiger partial charge in [0.2, 0.25) is 0 Å². The summed E-state index contributed by atoms with van der Waals surface area (Å²) in [6.07, 6.45) is 9.00. The summed E-state index contributed by atoms with van der Waals surface area (Å²) < 4.78 is 16.9. The van der Waals surface area contributed by atoms with Crippen molar-refractivity contribution in [2.45, 2.75) is 82.2 Å². The molecular formula is C24H36O4S2. The summed E-state index contributed by atoms with van der Waals surface area (Å²) >= 11 is 4.11. The van der Waals surface area contributed by atoms with Crippen molar-refractivity contribution < 1.29 is 19.0 Å². The Bertz CT molecular complexity index is 654. The van der Waals surface area contributed by atoms with Gasteiger partial charge in [0.05, 0.1) is 11.2 Å². The quantitative estimate of drug-likeness (QED) is 0.227. The summed E-state index contributed by atoms with van der Waals surface area (Å²) in [5.74, 6) is 2.78. The molecule has 2 fully saturated rings. The number of benzene rings is 1. The second-order valence-corrected chi connectivity index (χ2v) is 11.3. The highest BCUT2D eigenvalue weighted by Crippen LogP contribution is 2.46. The summed E-state index contributed by atoms with van der Waals surface area (Å²) in [5.41, 5.74) is 1.30. The van der Waals surface area contributed by atoms with E-state index in [1.807, 2.05) is 12.1 Å². The molecule has 1 aromatic rings. The van der Waals surface area contributed by atoms with Crippen molar-refractivity contribution in [3.8, 4) is 5.75 Å². The summed E-state index contributed by atoms with van der Waals surface area (Å²) in [4.78, 5) is 12.2. The van der Waals surface area contributed by atoms with Gasteiger partial charge >= 0.3 is 5.97 Å². The highest BCUT2D eigenvalue weighted by atomic mass is 32.2. The molecule has 4 nitrogen and oxygen atoms in total.